The van der Waals surface area contributed by atoms with Gasteiger partial charge < -0.3 is 14.9 Å². The van der Waals surface area contributed by atoms with E-state index in [9.17, 15) is 24.6 Å². The number of hydrogen-bond donors (Lipinski definition) is 2. The lowest BCUT2D eigenvalue weighted by Gasteiger charge is -2.52. The van der Waals surface area contributed by atoms with Crippen LogP contribution in [-0.2, 0) is 9.59 Å². The van der Waals surface area contributed by atoms with Crippen LogP contribution in [0.25, 0.3) is 0 Å². The smallest absolute Gasteiger partial charge is 0.170 e. The van der Waals surface area contributed by atoms with Gasteiger partial charge in [-0.3, -0.25) is 14.4 Å². The molecule has 6 heteroatoms. The zero-order chi connectivity index (χ0) is 24.3. The number of Topliss-reactive ketones (excluding diaryl/α,β-unsaturated/α-hetero) is 3. The lowest BCUT2D eigenvalue weighted by molar-refractivity contribution is -0.166. The Bertz CT molecular complexity index is 969. The van der Waals surface area contributed by atoms with Crippen molar-refractivity contribution in [2.75, 3.05) is 0 Å². The maximum atomic E-state index is 13.6. The van der Waals surface area contributed by atoms with E-state index in [-0.39, 0.29) is 58.4 Å². The average molecular weight is 445 g/mol. The first-order valence-corrected chi connectivity index (χ1v) is 11.5. The van der Waals surface area contributed by atoms with Gasteiger partial charge in [-0.15, -0.1) is 0 Å². The third-order valence-corrected chi connectivity index (χ3v) is 7.05. The monoisotopic (exact) mass is 444 g/mol. The van der Waals surface area contributed by atoms with Gasteiger partial charge in [0.25, 0.3) is 0 Å². The van der Waals surface area contributed by atoms with Crippen molar-refractivity contribution < 1.29 is 29.3 Å². The zero-order valence-electron chi connectivity index (χ0n) is 20.4. The second-order valence-electron chi connectivity index (χ2n) is 11.4. The third kappa shape index (κ3) is 3.61. The molecule has 1 aliphatic carbocycles. The van der Waals surface area contributed by atoms with Gasteiger partial charge in [0.15, 0.2) is 17.3 Å². The number of rotatable bonds is 5. The molecule has 0 spiro atoms. The molecule has 32 heavy (non-hydrogen) atoms. The molecule has 1 saturated carbocycles. The number of phenols is 2. The highest BCUT2D eigenvalue weighted by Gasteiger charge is 2.63. The predicted octanol–water partition coefficient (Wildman–Crippen LogP) is 5.04. The molecule has 0 bridgehead atoms. The molecule has 1 heterocycles. The lowest BCUT2D eigenvalue weighted by Crippen LogP contribution is -2.63. The SMILES string of the molecule is CC(C)CC(=O)c1c(O)cc2c(c1O)C(CC(C)C)C1C(=O)C(C)(C)C(=O)C(C)(C)C1O2. The molecule has 1 aromatic carbocycles. The highest BCUT2D eigenvalue weighted by molar-refractivity contribution is 6.12. The maximum Gasteiger partial charge on any atom is 0.170 e. The summed E-state index contributed by atoms with van der Waals surface area (Å²) in [5.74, 6) is -2.00. The summed E-state index contributed by atoms with van der Waals surface area (Å²) >= 11 is 0. The Balaban J connectivity index is 2.27. The molecule has 1 fully saturated rings. The number of aromatic hydroxyl groups is 2. The van der Waals surface area contributed by atoms with Crippen molar-refractivity contribution in [2.45, 2.75) is 80.3 Å². The molecule has 1 aromatic rings. The van der Waals surface area contributed by atoms with E-state index < -0.39 is 28.8 Å². The number of carbonyl (C=O) groups excluding carboxylic acids is 3. The van der Waals surface area contributed by atoms with Crippen LogP contribution in [0.15, 0.2) is 6.07 Å². The summed E-state index contributed by atoms with van der Waals surface area (Å²) in [6, 6.07) is 1.36. The van der Waals surface area contributed by atoms with Crippen molar-refractivity contribution in [1.82, 2.24) is 0 Å². The Kier molecular flexibility index (Phi) is 5.99. The van der Waals surface area contributed by atoms with Crippen LogP contribution in [0.4, 0.5) is 0 Å². The quantitative estimate of drug-likeness (QED) is 0.487. The van der Waals surface area contributed by atoms with Crippen molar-refractivity contribution >= 4 is 17.3 Å². The summed E-state index contributed by atoms with van der Waals surface area (Å²) in [6.07, 6.45) is 0.0253. The normalized spacial score (nSPS) is 26.0. The third-order valence-electron chi connectivity index (χ3n) is 7.05. The first-order chi connectivity index (χ1) is 14.6. The van der Waals surface area contributed by atoms with Crippen molar-refractivity contribution in [3.8, 4) is 17.2 Å². The summed E-state index contributed by atoms with van der Waals surface area (Å²) in [6.45, 7) is 14.7. The van der Waals surface area contributed by atoms with Gasteiger partial charge in [-0.2, -0.15) is 0 Å². The van der Waals surface area contributed by atoms with E-state index in [1.807, 2.05) is 27.7 Å². The highest BCUT2D eigenvalue weighted by atomic mass is 16.5. The summed E-state index contributed by atoms with van der Waals surface area (Å²) in [7, 11) is 0. The van der Waals surface area contributed by atoms with Gasteiger partial charge in [-0.25, -0.2) is 0 Å². The van der Waals surface area contributed by atoms with E-state index >= 15 is 0 Å². The Labute approximate surface area is 190 Å². The summed E-state index contributed by atoms with van der Waals surface area (Å²) < 4.78 is 6.20. The van der Waals surface area contributed by atoms with E-state index in [4.69, 9.17) is 4.74 Å². The Morgan fingerprint density at radius 1 is 1.06 bits per heavy atom. The van der Waals surface area contributed by atoms with Crippen molar-refractivity contribution in [2.24, 2.45) is 28.6 Å². The Morgan fingerprint density at radius 2 is 1.66 bits per heavy atom. The van der Waals surface area contributed by atoms with Crippen LogP contribution in [0.5, 0.6) is 17.2 Å². The topological polar surface area (TPSA) is 101 Å². The van der Waals surface area contributed by atoms with Crippen LogP contribution in [0, 0.1) is 28.6 Å². The Hall–Kier alpha value is -2.37. The lowest BCUT2D eigenvalue weighted by atomic mass is 9.53. The average Bonchev–Trinajstić information content (AvgIpc) is 2.64. The molecule has 2 N–H and O–H groups in total. The van der Waals surface area contributed by atoms with Crippen molar-refractivity contribution in [1.29, 1.82) is 0 Å². The van der Waals surface area contributed by atoms with E-state index in [0.717, 1.165) is 0 Å². The van der Waals surface area contributed by atoms with E-state index in [1.54, 1.807) is 27.7 Å². The molecule has 6 nitrogen and oxygen atoms in total. The van der Waals surface area contributed by atoms with Gasteiger partial charge in [-0.05, 0) is 46.0 Å². The molecule has 0 saturated heterocycles. The van der Waals surface area contributed by atoms with Crippen LogP contribution in [0.1, 0.15) is 90.1 Å². The molecule has 2 aliphatic rings. The van der Waals surface area contributed by atoms with E-state index in [0.29, 0.717) is 12.0 Å². The van der Waals surface area contributed by atoms with Crippen molar-refractivity contribution in [3.63, 3.8) is 0 Å². The maximum absolute atomic E-state index is 13.6. The zero-order valence-corrected chi connectivity index (χ0v) is 20.4. The first-order valence-electron chi connectivity index (χ1n) is 11.5. The van der Waals surface area contributed by atoms with Gasteiger partial charge in [0.2, 0.25) is 0 Å². The van der Waals surface area contributed by atoms with Gasteiger partial charge >= 0.3 is 0 Å². The number of phenolic OH excluding ortho intramolecular Hbond substituents is 2. The number of ether oxygens (including phenoxy) is 1. The van der Waals surface area contributed by atoms with Crippen LogP contribution < -0.4 is 4.74 Å². The van der Waals surface area contributed by atoms with Crippen LogP contribution in [0.2, 0.25) is 0 Å². The highest BCUT2D eigenvalue weighted by Crippen LogP contribution is 2.58. The number of benzene rings is 1. The minimum Gasteiger partial charge on any atom is -0.507 e. The minimum absolute atomic E-state index is 0.0527. The second-order valence-corrected chi connectivity index (χ2v) is 11.4. The standard InChI is InChI=1S/C26H36O6/c1-12(2)9-14-18-17(11-16(28)20(21(18)29)15(27)10-13(3)4)32-23-19(14)22(30)25(5,6)24(31)26(23,7)8/h11-14,19,23,28-29H,9-10H2,1-8H3. The molecule has 0 radical (unpaired) electrons. The molecular formula is C26H36O6. The molecule has 3 atom stereocenters. The fourth-order valence-electron chi connectivity index (χ4n) is 5.60. The van der Waals surface area contributed by atoms with Gasteiger partial charge in [0, 0.05) is 24.0 Å². The van der Waals surface area contributed by atoms with E-state index in [2.05, 4.69) is 0 Å². The van der Waals surface area contributed by atoms with Crippen LogP contribution in [0.3, 0.4) is 0 Å². The number of carbonyl (C=O) groups is 3. The number of hydrogen-bond acceptors (Lipinski definition) is 6. The summed E-state index contributed by atoms with van der Waals surface area (Å²) in [5.41, 5.74) is -1.85. The molecular weight excluding hydrogens is 408 g/mol. The fraction of sp³-hybridized carbons (Fsp3) is 0.654. The molecule has 0 amide bonds. The van der Waals surface area contributed by atoms with Crippen molar-refractivity contribution in [3.05, 3.63) is 17.2 Å². The largest absolute Gasteiger partial charge is 0.507 e. The number of fused-ring (bicyclic) bond motifs is 2. The molecule has 1 aliphatic heterocycles. The van der Waals surface area contributed by atoms with Gasteiger partial charge in [-0.1, -0.05) is 27.7 Å². The minimum atomic E-state index is -1.18. The molecule has 0 aromatic heterocycles. The predicted molar refractivity (Wildman–Crippen MR) is 121 cm³/mol. The van der Waals surface area contributed by atoms with E-state index in [1.165, 1.54) is 6.07 Å². The van der Waals surface area contributed by atoms with Gasteiger partial charge in [0.05, 0.1) is 16.7 Å². The van der Waals surface area contributed by atoms with Crippen LogP contribution >= 0.6 is 0 Å². The first kappa shape index (κ1) is 24.3. The second kappa shape index (κ2) is 7.89. The molecule has 3 unspecified atom stereocenters. The molecule has 176 valence electrons. The summed E-state index contributed by atoms with van der Waals surface area (Å²) in [4.78, 5) is 39.7. The molecule has 3 rings (SSSR count). The fourth-order valence-corrected chi connectivity index (χ4v) is 5.60. The van der Waals surface area contributed by atoms with Crippen LogP contribution in [-0.4, -0.2) is 33.7 Å². The van der Waals surface area contributed by atoms with Gasteiger partial charge in [0.1, 0.15) is 28.9 Å². The number of ketones is 3. The summed E-state index contributed by atoms with van der Waals surface area (Å²) in [5, 5.41) is 21.8. The Morgan fingerprint density at radius 3 is 2.19 bits per heavy atom.